The molecule has 0 aliphatic carbocycles. The van der Waals surface area contributed by atoms with Gasteiger partial charge in [0.05, 0.1) is 5.69 Å². The molecule has 1 aromatic rings. The van der Waals surface area contributed by atoms with Gasteiger partial charge in [-0.3, -0.25) is 0 Å². The van der Waals surface area contributed by atoms with E-state index < -0.39 is 0 Å². The third-order valence-corrected chi connectivity index (χ3v) is 2.72. The highest BCUT2D eigenvalue weighted by Crippen LogP contribution is 2.14. The predicted molar refractivity (Wildman–Crippen MR) is 57.8 cm³/mol. The maximum absolute atomic E-state index is 4.59. The van der Waals surface area contributed by atoms with Crippen molar-refractivity contribution in [3.8, 4) is 0 Å². The number of rotatable bonds is 2. The largest absolute Gasteiger partial charge is 0.340 e. The summed E-state index contributed by atoms with van der Waals surface area (Å²) in [4.78, 5) is 10.3. The van der Waals surface area contributed by atoms with Crippen LogP contribution in [0.15, 0.2) is 0 Å². The van der Waals surface area contributed by atoms with Crippen molar-refractivity contribution < 1.29 is 0 Å². The van der Waals surface area contributed by atoms with Crippen LogP contribution in [0.25, 0.3) is 0 Å². The number of aromatic amines is 1. The van der Waals surface area contributed by atoms with Crippen LogP contribution in [0.4, 0.5) is 5.95 Å². The lowest BCUT2D eigenvalue weighted by Crippen LogP contribution is -2.44. The molecule has 0 saturated carbocycles. The number of hydrogen-bond acceptors (Lipinski definition) is 3. The molecule has 14 heavy (non-hydrogen) atoms. The summed E-state index contributed by atoms with van der Waals surface area (Å²) in [6.45, 7) is 8.46. The number of H-pyrrole nitrogens is 1. The van der Waals surface area contributed by atoms with E-state index in [2.05, 4.69) is 34.0 Å². The standard InChI is InChI=1S/C10H18N4/c1-3-9-8(2)12-10(13-9)14-6-4-11-5-7-14/h11H,3-7H2,1-2H3,(H,12,13). The van der Waals surface area contributed by atoms with Gasteiger partial charge >= 0.3 is 0 Å². The molecular formula is C10H18N4. The van der Waals surface area contributed by atoms with E-state index in [1.54, 1.807) is 0 Å². The first-order chi connectivity index (χ1) is 6.81. The number of aromatic nitrogens is 2. The van der Waals surface area contributed by atoms with E-state index in [0.717, 1.165) is 38.5 Å². The number of aryl methyl sites for hydroxylation is 2. The molecule has 0 unspecified atom stereocenters. The molecule has 2 rings (SSSR count). The molecule has 2 heterocycles. The summed E-state index contributed by atoms with van der Waals surface area (Å²) in [5.41, 5.74) is 2.40. The highest BCUT2D eigenvalue weighted by Gasteiger charge is 2.14. The van der Waals surface area contributed by atoms with Crippen molar-refractivity contribution in [2.45, 2.75) is 20.3 Å². The summed E-state index contributed by atoms with van der Waals surface area (Å²) < 4.78 is 0. The quantitative estimate of drug-likeness (QED) is 0.728. The van der Waals surface area contributed by atoms with E-state index in [1.807, 2.05) is 0 Å². The summed E-state index contributed by atoms with van der Waals surface area (Å²) in [5.74, 6) is 1.04. The van der Waals surface area contributed by atoms with E-state index in [0.29, 0.717) is 0 Å². The highest BCUT2D eigenvalue weighted by molar-refractivity contribution is 5.35. The SMILES string of the molecule is CCc1nc(N2CCNCC2)[nH]c1C. The Morgan fingerprint density at radius 2 is 2.07 bits per heavy atom. The van der Waals surface area contributed by atoms with Crippen molar-refractivity contribution in [2.24, 2.45) is 0 Å². The van der Waals surface area contributed by atoms with Gasteiger partial charge in [0.25, 0.3) is 0 Å². The fourth-order valence-corrected chi connectivity index (χ4v) is 1.85. The maximum atomic E-state index is 4.59. The molecule has 0 atom stereocenters. The zero-order valence-electron chi connectivity index (χ0n) is 8.93. The van der Waals surface area contributed by atoms with Gasteiger partial charge in [0.1, 0.15) is 0 Å². The Morgan fingerprint density at radius 3 is 2.64 bits per heavy atom. The van der Waals surface area contributed by atoms with Crippen molar-refractivity contribution in [1.29, 1.82) is 0 Å². The number of anilines is 1. The van der Waals surface area contributed by atoms with Crippen LogP contribution < -0.4 is 10.2 Å². The smallest absolute Gasteiger partial charge is 0.203 e. The van der Waals surface area contributed by atoms with Crippen molar-refractivity contribution in [3.63, 3.8) is 0 Å². The third-order valence-electron chi connectivity index (χ3n) is 2.72. The van der Waals surface area contributed by atoms with Crippen LogP contribution in [0.5, 0.6) is 0 Å². The van der Waals surface area contributed by atoms with Crippen LogP contribution in [-0.4, -0.2) is 36.1 Å². The van der Waals surface area contributed by atoms with Gasteiger partial charge in [-0.05, 0) is 13.3 Å². The Bertz CT molecular complexity index is 299. The Morgan fingerprint density at radius 1 is 1.36 bits per heavy atom. The van der Waals surface area contributed by atoms with E-state index in [4.69, 9.17) is 0 Å². The minimum absolute atomic E-state index is 1.01. The zero-order chi connectivity index (χ0) is 9.97. The molecule has 0 amide bonds. The van der Waals surface area contributed by atoms with Gasteiger partial charge in [-0.25, -0.2) is 4.98 Å². The van der Waals surface area contributed by atoms with Crippen molar-refractivity contribution in [3.05, 3.63) is 11.4 Å². The molecule has 0 bridgehead atoms. The fraction of sp³-hybridized carbons (Fsp3) is 0.700. The van der Waals surface area contributed by atoms with Gasteiger partial charge in [0.2, 0.25) is 5.95 Å². The lowest BCUT2D eigenvalue weighted by Gasteiger charge is -2.26. The van der Waals surface area contributed by atoms with E-state index in [-0.39, 0.29) is 0 Å². The zero-order valence-corrected chi connectivity index (χ0v) is 8.93. The summed E-state index contributed by atoms with van der Waals surface area (Å²) in [5, 5.41) is 3.34. The van der Waals surface area contributed by atoms with Crippen LogP contribution >= 0.6 is 0 Å². The minimum Gasteiger partial charge on any atom is -0.340 e. The second-order valence-corrected chi connectivity index (χ2v) is 3.72. The van der Waals surface area contributed by atoms with E-state index >= 15 is 0 Å². The van der Waals surface area contributed by atoms with Crippen LogP contribution in [0.2, 0.25) is 0 Å². The Kier molecular flexibility index (Phi) is 2.72. The second kappa shape index (κ2) is 4.00. The number of nitrogens with zero attached hydrogens (tertiary/aromatic N) is 2. The van der Waals surface area contributed by atoms with Crippen LogP contribution in [0.3, 0.4) is 0 Å². The van der Waals surface area contributed by atoms with Crippen molar-refractivity contribution in [1.82, 2.24) is 15.3 Å². The highest BCUT2D eigenvalue weighted by atomic mass is 15.3. The molecule has 2 N–H and O–H groups in total. The fourth-order valence-electron chi connectivity index (χ4n) is 1.85. The van der Waals surface area contributed by atoms with E-state index in [9.17, 15) is 0 Å². The Hall–Kier alpha value is -1.03. The number of imidazole rings is 1. The molecule has 4 heteroatoms. The monoisotopic (exact) mass is 194 g/mol. The van der Waals surface area contributed by atoms with Gasteiger partial charge in [-0.1, -0.05) is 6.92 Å². The third kappa shape index (κ3) is 1.75. The molecule has 1 aliphatic heterocycles. The molecule has 1 saturated heterocycles. The van der Waals surface area contributed by atoms with Crippen LogP contribution in [-0.2, 0) is 6.42 Å². The normalized spacial score (nSPS) is 17.4. The van der Waals surface area contributed by atoms with Crippen LogP contribution in [0, 0.1) is 6.92 Å². The molecule has 0 aromatic carbocycles. The van der Waals surface area contributed by atoms with Crippen LogP contribution in [0.1, 0.15) is 18.3 Å². The molecule has 0 spiro atoms. The molecule has 4 nitrogen and oxygen atoms in total. The van der Waals surface area contributed by atoms with Gasteiger partial charge in [0, 0.05) is 31.9 Å². The minimum atomic E-state index is 1.01. The first kappa shape index (κ1) is 9.52. The lowest BCUT2D eigenvalue weighted by atomic mass is 10.3. The molecule has 1 aliphatic rings. The average molecular weight is 194 g/mol. The molecule has 1 fully saturated rings. The lowest BCUT2D eigenvalue weighted by molar-refractivity contribution is 0.581. The van der Waals surface area contributed by atoms with Gasteiger partial charge in [-0.2, -0.15) is 0 Å². The average Bonchev–Trinajstić information content (AvgIpc) is 2.61. The topological polar surface area (TPSA) is 44.0 Å². The molecule has 1 aromatic heterocycles. The Balaban J connectivity index is 2.14. The molecular weight excluding hydrogens is 176 g/mol. The Labute approximate surface area is 84.7 Å². The number of hydrogen-bond donors (Lipinski definition) is 2. The maximum Gasteiger partial charge on any atom is 0.203 e. The summed E-state index contributed by atoms with van der Waals surface area (Å²) in [7, 11) is 0. The summed E-state index contributed by atoms with van der Waals surface area (Å²) >= 11 is 0. The van der Waals surface area contributed by atoms with Gasteiger partial charge in [0.15, 0.2) is 0 Å². The molecule has 0 radical (unpaired) electrons. The van der Waals surface area contributed by atoms with E-state index in [1.165, 1.54) is 11.4 Å². The second-order valence-electron chi connectivity index (χ2n) is 3.72. The molecule has 78 valence electrons. The summed E-state index contributed by atoms with van der Waals surface area (Å²) in [6.07, 6.45) is 1.01. The van der Waals surface area contributed by atoms with Gasteiger partial charge < -0.3 is 15.2 Å². The number of piperazine rings is 1. The number of nitrogens with one attached hydrogen (secondary N) is 2. The van der Waals surface area contributed by atoms with Gasteiger partial charge in [-0.15, -0.1) is 0 Å². The first-order valence-corrected chi connectivity index (χ1v) is 5.32. The van der Waals surface area contributed by atoms with Crippen molar-refractivity contribution in [2.75, 3.05) is 31.1 Å². The first-order valence-electron chi connectivity index (χ1n) is 5.32. The predicted octanol–water partition coefficient (Wildman–Crippen LogP) is 0.690. The summed E-state index contributed by atoms with van der Waals surface area (Å²) in [6, 6.07) is 0. The van der Waals surface area contributed by atoms with Crippen molar-refractivity contribution >= 4 is 5.95 Å².